The van der Waals surface area contributed by atoms with E-state index in [1.54, 1.807) is 18.1 Å². The highest BCUT2D eigenvalue weighted by atomic mass is 32.2. The van der Waals surface area contributed by atoms with Crippen LogP contribution in [0.25, 0.3) is 0 Å². The minimum Gasteiger partial charge on any atom is -0.383 e. The standard InChI is InChI=1S/C19H25N3O4S2/c1-21(2)28(24,25)17-9-10-18(20-13-17)27-15-19(23)22(11-12-26-3)14-16-7-5-4-6-8-16/h4-10,13H,11-12,14-15H2,1-3H3. The normalized spacial score (nSPS) is 11.6. The molecule has 0 saturated heterocycles. The second-order valence-electron chi connectivity index (χ2n) is 6.20. The van der Waals surface area contributed by atoms with Crippen LogP contribution < -0.4 is 0 Å². The van der Waals surface area contributed by atoms with Gasteiger partial charge in [-0.2, -0.15) is 0 Å². The molecule has 0 aliphatic carbocycles. The first kappa shape index (κ1) is 22.4. The number of benzene rings is 1. The van der Waals surface area contributed by atoms with Crippen LogP contribution in [0.2, 0.25) is 0 Å². The van der Waals surface area contributed by atoms with Gasteiger partial charge in [-0.05, 0) is 17.7 Å². The van der Waals surface area contributed by atoms with Gasteiger partial charge in [-0.1, -0.05) is 42.1 Å². The van der Waals surface area contributed by atoms with Crippen LogP contribution >= 0.6 is 11.8 Å². The van der Waals surface area contributed by atoms with E-state index in [-0.39, 0.29) is 16.6 Å². The highest BCUT2D eigenvalue weighted by Crippen LogP contribution is 2.19. The van der Waals surface area contributed by atoms with Crippen molar-refractivity contribution in [3.63, 3.8) is 0 Å². The molecule has 0 radical (unpaired) electrons. The molecular weight excluding hydrogens is 398 g/mol. The van der Waals surface area contributed by atoms with Crippen LogP contribution in [0.5, 0.6) is 0 Å². The van der Waals surface area contributed by atoms with Crippen LogP contribution in [0.4, 0.5) is 0 Å². The molecule has 9 heteroatoms. The average Bonchev–Trinajstić information content (AvgIpc) is 2.70. The first-order valence-electron chi connectivity index (χ1n) is 8.66. The van der Waals surface area contributed by atoms with Gasteiger partial charge in [0.1, 0.15) is 4.90 Å². The lowest BCUT2D eigenvalue weighted by Gasteiger charge is -2.22. The molecular formula is C19H25N3O4S2. The summed E-state index contributed by atoms with van der Waals surface area (Å²) in [5.41, 5.74) is 1.05. The zero-order valence-electron chi connectivity index (χ0n) is 16.2. The molecule has 1 heterocycles. The molecule has 1 amide bonds. The number of nitrogens with zero attached hydrogens (tertiary/aromatic N) is 3. The molecule has 0 spiro atoms. The maximum Gasteiger partial charge on any atom is 0.244 e. The van der Waals surface area contributed by atoms with Crippen molar-refractivity contribution in [2.24, 2.45) is 0 Å². The zero-order chi connectivity index (χ0) is 20.6. The third-order valence-corrected chi connectivity index (χ3v) is 6.69. The highest BCUT2D eigenvalue weighted by Gasteiger charge is 2.18. The largest absolute Gasteiger partial charge is 0.383 e. The SMILES string of the molecule is COCCN(Cc1ccccc1)C(=O)CSc1ccc(S(=O)(=O)N(C)C)cn1. The summed E-state index contributed by atoms with van der Waals surface area (Å²) in [7, 11) is 1.03. The second-order valence-corrected chi connectivity index (χ2v) is 9.35. The Morgan fingerprint density at radius 1 is 1.14 bits per heavy atom. The van der Waals surface area contributed by atoms with Gasteiger partial charge in [-0.3, -0.25) is 4.79 Å². The van der Waals surface area contributed by atoms with Crippen molar-refractivity contribution in [1.29, 1.82) is 0 Å². The molecule has 0 saturated carbocycles. The topological polar surface area (TPSA) is 79.8 Å². The summed E-state index contributed by atoms with van der Waals surface area (Å²) in [4.78, 5) is 18.7. The van der Waals surface area contributed by atoms with Gasteiger partial charge in [0.2, 0.25) is 15.9 Å². The van der Waals surface area contributed by atoms with Crippen molar-refractivity contribution >= 4 is 27.7 Å². The molecule has 1 aromatic heterocycles. The van der Waals surface area contributed by atoms with Gasteiger partial charge >= 0.3 is 0 Å². The van der Waals surface area contributed by atoms with E-state index in [1.807, 2.05) is 30.3 Å². The highest BCUT2D eigenvalue weighted by molar-refractivity contribution is 7.99. The number of pyridine rings is 1. The maximum atomic E-state index is 12.7. The van der Waals surface area contributed by atoms with E-state index in [1.165, 1.54) is 38.1 Å². The van der Waals surface area contributed by atoms with E-state index in [4.69, 9.17) is 4.74 Å². The number of methoxy groups -OCH3 is 1. The smallest absolute Gasteiger partial charge is 0.244 e. The van der Waals surface area contributed by atoms with Gasteiger partial charge in [0, 0.05) is 40.5 Å². The summed E-state index contributed by atoms with van der Waals surface area (Å²) < 4.78 is 30.4. The molecule has 0 N–H and O–H groups in total. The van der Waals surface area contributed by atoms with E-state index in [2.05, 4.69) is 4.98 Å². The Morgan fingerprint density at radius 2 is 1.86 bits per heavy atom. The van der Waals surface area contributed by atoms with Crippen molar-refractivity contribution in [1.82, 2.24) is 14.2 Å². The van der Waals surface area contributed by atoms with Crippen LogP contribution in [0, 0.1) is 0 Å². The summed E-state index contributed by atoms with van der Waals surface area (Å²) in [6.45, 7) is 1.47. The van der Waals surface area contributed by atoms with Gasteiger partial charge in [0.05, 0.1) is 17.4 Å². The molecule has 0 aliphatic heterocycles. The second kappa shape index (κ2) is 10.6. The minimum atomic E-state index is -3.51. The Balaban J connectivity index is 1.99. The average molecular weight is 424 g/mol. The minimum absolute atomic E-state index is 0.0299. The Labute approximate surface area is 170 Å². The van der Waals surface area contributed by atoms with Crippen LogP contribution in [0.3, 0.4) is 0 Å². The van der Waals surface area contributed by atoms with Crippen molar-refractivity contribution < 1.29 is 17.9 Å². The summed E-state index contributed by atoms with van der Waals surface area (Å²) >= 11 is 1.28. The Hall–Kier alpha value is -1.94. The predicted molar refractivity (Wildman–Crippen MR) is 110 cm³/mol. The number of hydrogen-bond acceptors (Lipinski definition) is 6. The molecule has 28 heavy (non-hydrogen) atoms. The van der Waals surface area contributed by atoms with E-state index < -0.39 is 10.0 Å². The molecule has 0 bridgehead atoms. The van der Waals surface area contributed by atoms with Gasteiger partial charge in [0.15, 0.2) is 0 Å². The van der Waals surface area contributed by atoms with Gasteiger partial charge in [-0.15, -0.1) is 0 Å². The lowest BCUT2D eigenvalue weighted by molar-refractivity contribution is -0.129. The van der Waals surface area contributed by atoms with Gasteiger partial charge in [-0.25, -0.2) is 17.7 Å². The Kier molecular flexibility index (Phi) is 8.43. The summed E-state index contributed by atoms with van der Waals surface area (Å²) in [5, 5.41) is 0.595. The fourth-order valence-electron chi connectivity index (χ4n) is 2.34. The number of ether oxygens (including phenoxy) is 1. The number of sulfonamides is 1. The molecule has 0 fully saturated rings. The molecule has 0 atom stereocenters. The third-order valence-electron chi connectivity index (χ3n) is 3.97. The Morgan fingerprint density at radius 3 is 2.43 bits per heavy atom. The van der Waals surface area contributed by atoms with Crippen LogP contribution in [-0.4, -0.2) is 68.6 Å². The molecule has 0 unspecified atom stereocenters. The summed E-state index contributed by atoms with van der Waals surface area (Å²) in [6, 6.07) is 12.9. The van der Waals surface area contributed by atoms with Crippen molar-refractivity contribution in [2.75, 3.05) is 40.1 Å². The molecule has 2 rings (SSSR count). The molecule has 2 aromatic rings. The van der Waals surface area contributed by atoms with Gasteiger partial charge in [0.25, 0.3) is 0 Å². The number of amides is 1. The first-order chi connectivity index (χ1) is 13.3. The molecule has 7 nitrogen and oxygen atoms in total. The molecule has 1 aromatic carbocycles. The summed E-state index contributed by atoms with van der Waals surface area (Å²) in [5.74, 6) is 0.182. The number of carbonyl (C=O) groups is 1. The van der Waals surface area contributed by atoms with Crippen LogP contribution in [0.1, 0.15) is 5.56 Å². The number of carbonyl (C=O) groups excluding carboxylic acids is 1. The fourth-order valence-corrected chi connectivity index (χ4v) is 3.93. The van der Waals surface area contributed by atoms with Crippen LogP contribution in [-0.2, 0) is 26.1 Å². The van der Waals surface area contributed by atoms with Gasteiger partial charge < -0.3 is 9.64 Å². The van der Waals surface area contributed by atoms with E-state index >= 15 is 0 Å². The van der Waals surface area contributed by atoms with E-state index in [0.29, 0.717) is 24.7 Å². The lowest BCUT2D eigenvalue weighted by Crippen LogP contribution is -2.34. The van der Waals surface area contributed by atoms with Crippen molar-refractivity contribution in [2.45, 2.75) is 16.5 Å². The number of thioether (sulfide) groups is 1. The number of aromatic nitrogens is 1. The van der Waals surface area contributed by atoms with E-state index in [9.17, 15) is 13.2 Å². The quantitative estimate of drug-likeness (QED) is 0.545. The maximum absolute atomic E-state index is 12.7. The number of hydrogen-bond donors (Lipinski definition) is 0. The molecule has 0 aliphatic rings. The Bertz CT molecular complexity index is 857. The zero-order valence-corrected chi connectivity index (χ0v) is 17.9. The lowest BCUT2D eigenvalue weighted by atomic mass is 10.2. The number of rotatable bonds is 10. The first-order valence-corrected chi connectivity index (χ1v) is 11.1. The predicted octanol–water partition coefficient (Wildman–Crippen LogP) is 2.10. The molecule has 152 valence electrons. The monoisotopic (exact) mass is 423 g/mol. The third kappa shape index (κ3) is 6.30. The van der Waals surface area contributed by atoms with E-state index in [0.717, 1.165) is 9.87 Å². The fraction of sp³-hybridized carbons (Fsp3) is 0.368. The van der Waals surface area contributed by atoms with Crippen LogP contribution in [0.15, 0.2) is 58.6 Å². The van der Waals surface area contributed by atoms with Crippen molar-refractivity contribution in [3.05, 3.63) is 54.2 Å². The summed E-state index contributed by atoms with van der Waals surface area (Å²) in [6.07, 6.45) is 1.31. The van der Waals surface area contributed by atoms with Crippen molar-refractivity contribution in [3.8, 4) is 0 Å².